The van der Waals surface area contributed by atoms with Gasteiger partial charge in [-0.05, 0) is 52.6 Å². The predicted octanol–water partition coefficient (Wildman–Crippen LogP) is 2.13. The second-order valence-electron chi connectivity index (χ2n) is 7.55. The predicted molar refractivity (Wildman–Crippen MR) is 123 cm³/mol. The number of methoxy groups -OCH3 is 1. The highest BCUT2D eigenvalue weighted by atomic mass is 32.2. The summed E-state index contributed by atoms with van der Waals surface area (Å²) in [5.41, 5.74) is 7.22. The summed E-state index contributed by atoms with van der Waals surface area (Å²) in [5.74, 6) is 0.335. The molecule has 10 heteroatoms. The van der Waals surface area contributed by atoms with Crippen molar-refractivity contribution in [2.45, 2.75) is 5.54 Å². The van der Waals surface area contributed by atoms with Crippen LogP contribution in [0.3, 0.4) is 0 Å². The van der Waals surface area contributed by atoms with Crippen molar-refractivity contribution in [2.75, 3.05) is 20.4 Å². The molecule has 0 saturated carbocycles. The molecular weight excluding hydrogens is 444 g/mol. The van der Waals surface area contributed by atoms with E-state index in [-0.39, 0.29) is 17.6 Å². The molecule has 1 atom stereocenters. The van der Waals surface area contributed by atoms with Gasteiger partial charge in [-0.3, -0.25) is 14.7 Å². The van der Waals surface area contributed by atoms with Crippen molar-refractivity contribution in [2.24, 2.45) is 10.7 Å². The number of hydrogen-bond donors (Lipinski definition) is 1. The lowest BCUT2D eigenvalue weighted by Crippen LogP contribution is -2.41. The molecule has 0 saturated heterocycles. The first kappa shape index (κ1) is 22.3. The molecule has 9 nitrogen and oxygen atoms in total. The molecule has 1 unspecified atom stereocenters. The van der Waals surface area contributed by atoms with Crippen LogP contribution in [0.2, 0.25) is 0 Å². The summed E-state index contributed by atoms with van der Waals surface area (Å²) in [4.78, 5) is 23.3. The van der Waals surface area contributed by atoms with E-state index in [1.54, 1.807) is 55.8 Å². The summed E-state index contributed by atoms with van der Waals surface area (Å²) in [7, 11) is -0.682. The lowest BCUT2D eigenvalue weighted by molar-refractivity contribution is -0.129. The topological polar surface area (TPSA) is 124 Å². The van der Waals surface area contributed by atoms with Crippen LogP contribution < -0.4 is 14.7 Å². The standard InChI is InChI=1S/C23H22N4O5S/c1-27-21(28)23(26-22(27)24,17-7-9-25-10-8-17)18-6-4-5-15(11-18)16-12-19(31-2)14-20(13-16)32-33(3,29)30/h4-14H,1-3H3,(H2,24,26). The average molecular weight is 467 g/mol. The zero-order chi connectivity index (χ0) is 23.8. The number of pyridine rings is 1. The molecule has 1 aliphatic heterocycles. The van der Waals surface area contributed by atoms with Gasteiger partial charge in [-0.2, -0.15) is 8.42 Å². The van der Waals surface area contributed by atoms with E-state index in [1.807, 2.05) is 12.1 Å². The minimum absolute atomic E-state index is 0.104. The lowest BCUT2D eigenvalue weighted by atomic mass is 9.82. The Labute approximate surface area is 191 Å². The summed E-state index contributed by atoms with van der Waals surface area (Å²) in [6.07, 6.45) is 4.15. The van der Waals surface area contributed by atoms with Crippen LogP contribution in [-0.2, 0) is 20.5 Å². The van der Waals surface area contributed by atoms with Gasteiger partial charge in [-0.1, -0.05) is 18.2 Å². The first-order chi connectivity index (χ1) is 15.6. The van der Waals surface area contributed by atoms with E-state index in [0.717, 1.165) is 6.26 Å². The van der Waals surface area contributed by atoms with E-state index in [2.05, 4.69) is 9.98 Å². The highest BCUT2D eigenvalue weighted by Gasteiger charge is 2.49. The molecule has 2 aromatic carbocycles. The minimum Gasteiger partial charge on any atom is -0.497 e. The van der Waals surface area contributed by atoms with Gasteiger partial charge in [0, 0.05) is 25.5 Å². The Bertz CT molecular complexity index is 1360. The first-order valence-corrected chi connectivity index (χ1v) is 11.7. The smallest absolute Gasteiger partial charge is 0.306 e. The number of hydrogen-bond acceptors (Lipinski definition) is 8. The van der Waals surface area contributed by atoms with E-state index in [1.165, 1.54) is 18.1 Å². The molecule has 2 heterocycles. The molecule has 4 rings (SSSR count). The largest absolute Gasteiger partial charge is 0.497 e. The van der Waals surface area contributed by atoms with Gasteiger partial charge in [0.1, 0.15) is 11.5 Å². The Morgan fingerprint density at radius 3 is 2.27 bits per heavy atom. The number of amides is 1. The summed E-state index contributed by atoms with van der Waals surface area (Å²) in [6.45, 7) is 0. The van der Waals surface area contributed by atoms with E-state index in [4.69, 9.17) is 14.7 Å². The Balaban J connectivity index is 1.89. The summed E-state index contributed by atoms with van der Waals surface area (Å²) in [5, 5.41) is 0. The maximum Gasteiger partial charge on any atom is 0.306 e. The summed E-state index contributed by atoms with van der Waals surface area (Å²) >= 11 is 0. The number of nitrogens with zero attached hydrogens (tertiary/aromatic N) is 3. The van der Waals surface area contributed by atoms with Crippen LogP contribution in [0.25, 0.3) is 11.1 Å². The Morgan fingerprint density at radius 1 is 0.970 bits per heavy atom. The molecular formula is C23H22N4O5S. The van der Waals surface area contributed by atoms with E-state index >= 15 is 0 Å². The molecule has 0 radical (unpaired) electrons. The molecule has 1 aliphatic rings. The number of carbonyl (C=O) groups is 1. The number of benzene rings is 2. The van der Waals surface area contributed by atoms with Crippen molar-refractivity contribution in [3.05, 3.63) is 78.1 Å². The molecule has 1 amide bonds. The third-order valence-electron chi connectivity index (χ3n) is 5.32. The van der Waals surface area contributed by atoms with Crippen molar-refractivity contribution in [1.82, 2.24) is 9.88 Å². The van der Waals surface area contributed by atoms with Crippen LogP contribution in [0.4, 0.5) is 0 Å². The van der Waals surface area contributed by atoms with Gasteiger partial charge in [0.05, 0.1) is 13.4 Å². The zero-order valence-corrected chi connectivity index (χ0v) is 19.0. The summed E-state index contributed by atoms with van der Waals surface area (Å²) in [6, 6.07) is 15.5. The molecule has 2 N–H and O–H groups in total. The molecule has 170 valence electrons. The fourth-order valence-corrected chi connectivity index (χ4v) is 4.23. The Kier molecular flexibility index (Phi) is 5.54. The van der Waals surface area contributed by atoms with Gasteiger partial charge in [0.15, 0.2) is 11.5 Å². The molecule has 0 aliphatic carbocycles. The van der Waals surface area contributed by atoms with E-state index < -0.39 is 15.7 Å². The maximum absolute atomic E-state index is 13.4. The molecule has 33 heavy (non-hydrogen) atoms. The number of aromatic nitrogens is 1. The van der Waals surface area contributed by atoms with Crippen molar-refractivity contribution >= 4 is 22.0 Å². The number of carbonyl (C=O) groups excluding carboxylic acids is 1. The number of likely N-dealkylation sites (N-methyl/N-ethyl adjacent to an activating group) is 1. The molecule has 1 aromatic heterocycles. The van der Waals surface area contributed by atoms with Crippen molar-refractivity contribution in [3.63, 3.8) is 0 Å². The van der Waals surface area contributed by atoms with Crippen molar-refractivity contribution in [1.29, 1.82) is 0 Å². The quantitative estimate of drug-likeness (QED) is 0.552. The number of guanidine groups is 1. The Morgan fingerprint density at radius 2 is 1.67 bits per heavy atom. The Hall–Kier alpha value is -3.92. The van der Waals surface area contributed by atoms with Gasteiger partial charge in [0.25, 0.3) is 5.91 Å². The highest BCUT2D eigenvalue weighted by Crippen LogP contribution is 2.41. The normalized spacial score (nSPS) is 18.2. The minimum atomic E-state index is -3.73. The molecule has 0 fully saturated rings. The third kappa shape index (κ3) is 4.12. The van der Waals surface area contributed by atoms with Gasteiger partial charge in [-0.15, -0.1) is 0 Å². The number of ether oxygens (including phenoxy) is 1. The summed E-state index contributed by atoms with van der Waals surface area (Å²) < 4.78 is 33.6. The molecule has 0 spiro atoms. The number of nitrogens with two attached hydrogens (primary N) is 1. The van der Waals surface area contributed by atoms with Crippen molar-refractivity contribution in [3.8, 4) is 22.6 Å². The van der Waals surface area contributed by atoms with Crippen LogP contribution in [0.5, 0.6) is 11.5 Å². The average Bonchev–Trinajstić information content (AvgIpc) is 3.03. The van der Waals surface area contributed by atoms with Crippen LogP contribution in [-0.4, -0.2) is 50.6 Å². The van der Waals surface area contributed by atoms with Crippen LogP contribution in [0.1, 0.15) is 11.1 Å². The second kappa shape index (κ2) is 8.21. The van der Waals surface area contributed by atoms with Crippen LogP contribution >= 0.6 is 0 Å². The third-order valence-corrected chi connectivity index (χ3v) is 5.81. The SMILES string of the molecule is COc1cc(OS(C)(=O)=O)cc(-c2cccc(C3(c4ccncc4)N=C(N)N(C)C3=O)c2)c1. The fourth-order valence-electron chi connectivity index (χ4n) is 3.78. The van der Waals surface area contributed by atoms with Crippen LogP contribution in [0, 0.1) is 0 Å². The maximum atomic E-state index is 13.4. The second-order valence-corrected chi connectivity index (χ2v) is 9.12. The van der Waals surface area contributed by atoms with Gasteiger partial charge in [-0.25, -0.2) is 4.99 Å². The van der Waals surface area contributed by atoms with E-state index in [0.29, 0.717) is 28.0 Å². The molecule has 3 aromatic rings. The van der Waals surface area contributed by atoms with Gasteiger partial charge in [0.2, 0.25) is 0 Å². The van der Waals surface area contributed by atoms with Crippen molar-refractivity contribution < 1.29 is 22.1 Å². The van der Waals surface area contributed by atoms with E-state index in [9.17, 15) is 13.2 Å². The fraction of sp³-hybridized carbons (Fsp3) is 0.174. The van der Waals surface area contributed by atoms with Gasteiger partial charge >= 0.3 is 10.1 Å². The number of aliphatic imine (C=N–C) groups is 1. The zero-order valence-electron chi connectivity index (χ0n) is 18.2. The molecule has 0 bridgehead atoms. The first-order valence-electron chi connectivity index (χ1n) is 9.87. The monoisotopic (exact) mass is 466 g/mol. The number of rotatable bonds is 6. The lowest BCUT2D eigenvalue weighted by Gasteiger charge is -2.26. The van der Waals surface area contributed by atoms with Crippen LogP contribution in [0.15, 0.2) is 72.0 Å². The highest BCUT2D eigenvalue weighted by molar-refractivity contribution is 7.86. The van der Waals surface area contributed by atoms with Gasteiger partial charge < -0.3 is 14.7 Å².